The van der Waals surface area contributed by atoms with Crippen molar-refractivity contribution in [2.24, 2.45) is 0 Å². The van der Waals surface area contributed by atoms with Gasteiger partial charge < -0.3 is 4.90 Å². The quantitative estimate of drug-likeness (QED) is 0.496. The summed E-state index contributed by atoms with van der Waals surface area (Å²) in [5.74, 6) is 0.633. The lowest BCUT2D eigenvalue weighted by Crippen LogP contribution is -2.31. The Morgan fingerprint density at radius 2 is 1.77 bits per heavy atom. The van der Waals surface area contributed by atoms with Crippen LogP contribution in [0.25, 0.3) is 16.6 Å². The molecule has 30 heavy (non-hydrogen) atoms. The molecular weight excluding hydrogens is 376 g/mol. The third-order valence-electron chi connectivity index (χ3n) is 5.60. The van der Waals surface area contributed by atoms with Crippen LogP contribution >= 0.6 is 0 Å². The number of nitrogens with zero attached hydrogens (tertiary/aromatic N) is 4. The minimum atomic E-state index is -0.182. The van der Waals surface area contributed by atoms with E-state index in [0.29, 0.717) is 28.1 Å². The van der Waals surface area contributed by atoms with Crippen molar-refractivity contribution in [2.75, 3.05) is 11.4 Å². The Balaban J connectivity index is 1.49. The zero-order chi connectivity index (χ0) is 20.7. The minimum absolute atomic E-state index is 0.00586. The highest BCUT2D eigenvalue weighted by Gasteiger charge is 2.19. The van der Waals surface area contributed by atoms with Crippen LogP contribution in [0, 0.1) is 0 Å². The van der Waals surface area contributed by atoms with Crippen LogP contribution in [-0.2, 0) is 13.0 Å². The number of hydrogen-bond acceptors (Lipinski definition) is 5. The molecule has 4 aromatic rings. The molecule has 6 nitrogen and oxygen atoms in total. The highest BCUT2D eigenvalue weighted by Crippen LogP contribution is 2.23. The second-order valence-electron chi connectivity index (χ2n) is 7.50. The molecule has 6 heteroatoms. The van der Waals surface area contributed by atoms with E-state index in [1.54, 1.807) is 41.2 Å². The van der Waals surface area contributed by atoms with Gasteiger partial charge >= 0.3 is 0 Å². The molecule has 1 aliphatic heterocycles. The maximum absolute atomic E-state index is 13.0. The number of rotatable bonds is 3. The van der Waals surface area contributed by atoms with Gasteiger partial charge in [0.15, 0.2) is 5.78 Å². The molecule has 0 N–H and O–H groups in total. The largest absolute Gasteiger partial charge is 0.336 e. The van der Waals surface area contributed by atoms with E-state index < -0.39 is 0 Å². The molecule has 0 saturated heterocycles. The summed E-state index contributed by atoms with van der Waals surface area (Å²) in [5, 5.41) is 0.467. The Kier molecular flexibility index (Phi) is 4.39. The van der Waals surface area contributed by atoms with Crippen molar-refractivity contribution in [3.8, 4) is 5.69 Å². The molecular formula is C24H20N4O2. The normalized spacial score (nSPS) is 13.3. The summed E-state index contributed by atoms with van der Waals surface area (Å²) in [6, 6.07) is 17.2. The van der Waals surface area contributed by atoms with Gasteiger partial charge in [0.1, 0.15) is 0 Å². The van der Waals surface area contributed by atoms with Gasteiger partial charge in [0, 0.05) is 36.7 Å². The van der Waals surface area contributed by atoms with Crippen LogP contribution in [0.2, 0.25) is 0 Å². The van der Waals surface area contributed by atoms with Gasteiger partial charge in [0.05, 0.1) is 10.9 Å². The first kappa shape index (κ1) is 18.2. The molecule has 3 heterocycles. The van der Waals surface area contributed by atoms with Gasteiger partial charge in [-0.25, -0.2) is 9.97 Å². The maximum atomic E-state index is 13.0. The number of hydrogen-bond donors (Lipinski definition) is 0. The Labute approximate surface area is 173 Å². The van der Waals surface area contributed by atoms with E-state index in [9.17, 15) is 9.59 Å². The standard InChI is InChI=1S/C24H20N4O2/c1-16(29)17-6-8-20(9-7-17)28-13-11-22-21(23(28)30)14-25-24(26-22)27-12-10-18-4-2-3-5-19(18)15-27/h2-9,11,13-14H,10,12,15H2,1H3. The SMILES string of the molecule is CC(=O)c1ccc(-n2ccc3nc(N4CCc5ccccc5C4)ncc3c2=O)cc1. The fourth-order valence-electron chi connectivity index (χ4n) is 3.90. The third kappa shape index (κ3) is 3.16. The van der Waals surface area contributed by atoms with Crippen molar-refractivity contribution >= 4 is 22.6 Å². The van der Waals surface area contributed by atoms with Crippen LogP contribution in [0.1, 0.15) is 28.4 Å². The van der Waals surface area contributed by atoms with Crippen LogP contribution in [0.15, 0.2) is 71.8 Å². The lowest BCUT2D eigenvalue weighted by molar-refractivity contribution is 0.101. The predicted molar refractivity (Wildman–Crippen MR) is 116 cm³/mol. The van der Waals surface area contributed by atoms with E-state index in [2.05, 4.69) is 39.1 Å². The highest BCUT2D eigenvalue weighted by atomic mass is 16.1. The van der Waals surface area contributed by atoms with Crippen molar-refractivity contribution in [2.45, 2.75) is 19.9 Å². The number of aromatic nitrogens is 3. The molecule has 0 radical (unpaired) electrons. The van der Waals surface area contributed by atoms with Gasteiger partial charge in [-0.1, -0.05) is 24.3 Å². The lowest BCUT2D eigenvalue weighted by Gasteiger charge is -2.28. The molecule has 1 aliphatic rings. The zero-order valence-corrected chi connectivity index (χ0v) is 16.6. The molecule has 0 atom stereocenters. The number of carbonyl (C=O) groups excluding carboxylic acids is 1. The summed E-state index contributed by atoms with van der Waals surface area (Å²) in [6.07, 6.45) is 4.28. The van der Waals surface area contributed by atoms with Gasteiger partial charge in [-0.05, 0) is 54.8 Å². The lowest BCUT2D eigenvalue weighted by atomic mass is 10.0. The Morgan fingerprint density at radius 3 is 2.53 bits per heavy atom. The minimum Gasteiger partial charge on any atom is -0.336 e. The Morgan fingerprint density at radius 1 is 1.00 bits per heavy atom. The van der Waals surface area contributed by atoms with Crippen LogP contribution in [0.3, 0.4) is 0 Å². The van der Waals surface area contributed by atoms with E-state index >= 15 is 0 Å². The summed E-state index contributed by atoms with van der Waals surface area (Å²) in [4.78, 5) is 35.8. The molecule has 0 fully saturated rings. The maximum Gasteiger partial charge on any atom is 0.266 e. The molecule has 0 bridgehead atoms. The number of pyridine rings is 1. The first-order valence-corrected chi connectivity index (χ1v) is 9.92. The number of fused-ring (bicyclic) bond motifs is 2. The first-order chi connectivity index (χ1) is 14.6. The summed E-state index contributed by atoms with van der Waals surface area (Å²) in [6.45, 7) is 3.14. The summed E-state index contributed by atoms with van der Waals surface area (Å²) in [7, 11) is 0. The molecule has 0 aliphatic carbocycles. The van der Waals surface area contributed by atoms with Crippen LogP contribution < -0.4 is 10.5 Å². The van der Waals surface area contributed by atoms with Crippen molar-refractivity contribution in [3.63, 3.8) is 0 Å². The van der Waals surface area contributed by atoms with Gasteiger partial charge in [-0.15, -0.1) is 0 Å². The second kappa shape index (κ2) is 7.22. The van der Waals surface area contributed by atoms with Crippen molar-refractivity contribution in [1.29, 1.82) is 0 Å². The molecule has 148 valence electrons. The van der Waals surface area contributed by atoms with Crippen LogP contribution in [0.5, 0.6) is 0 Å². The molecule has 5 rings (SSSR count). The number of anilines is 1. The summed E-state index contributed by atoms with van der Waals surface area (Å²) in [5.41, 5.74) is 4.41. The number of ketones is 1. The van der Waals surface area contributed by atoms with Gasteiger partial charge in [0.2, 0.25) is 5.95 Å². The van der Waals surface area contributed by atoms with E-state index in [0.717, 1.165) is 19.5 Å². The summed E-state index contributed by atoms with van der Waals surface area (Å²) >= 11 is 0. The topological polar surface area (TPSA) is 68.1 Å². The molecule has 0 amide bonds. The van der Waals surface area contributed by atoms with E-state index in [-0.39, 0.29) is 11.3 Å². The van der Waals surface area contributed by atoms with E-state index in [1.165, 1.54) is 18.1 Å². The highest BCUT2D eigenvalue weighted by molar-refractivity contribution is 5.94. The number of carbonyl (C=O) groups is 1. The first-order valence-electron chi connectivity index (χ1n) is 9.92. The molecule has 2 aromatic carbocycles. The van der Waals surface area contributed by atoms with Crippen LogP contribution in [-0.4, -0.2) is 26.9 Å². The van der Waals surface area contributed by atoms with Gasteiger partial charge in [-0.3, -0.25) is 14.2 Å². The van der Waals surface area contributed by atoms with Gasteiger partial charge in [0.25, 0.3) is 5.56 Å². The average Bonchev–Trinajstić information content (AvgIpc) is 2.79. The zero-order valence-electron chi connectivity index (χ0n) is 16.6. The van der Waals surface area contributed by atoms with E-state index in [1.807, 2.05) is 6.07 Å². The van der Waals surface area contributed by atoms with E-state index in [4.69, 9.17) is 0 Å². The molecule has 0 saturated carbocycles. The number of Topliss-reactive ketones (excluding diaryl/α,β-unsaturated/α-hetero) is 1. The van der Waals surface area contributed by atoms with Crippen LogP contribution in [0.4, 0.5) is 5.95 Å². The fourth-order valence-corrected chi connectivity index (χ4v) is 3.90. The average molecular weight is 396 g/mol. The van der Waals surface area contributed by atoms with Crippen molar-refractivity contribution in [3.05, 3.63) is 94.0 Å². The fraction of sp³-hybridized carbons (Fsp3) is 0.167. The molecule has 2 aromatic heterocycles. The monoisotopic (exact) mass is 396 g/mol. The number of benzene rings is 2. The third-order valence-corrected chi connectivity index (χ3v) is 5.60. The Bertz CT molecular complexity index is 1330. The van der Waals surface area contributed by atoms with Crippen molar-refractivity contribution in [1.82, 2.24) is 14.5 Å². The second-order valence-corrected chi connectivity index (χ2v) is 7.50. The Hall–Kier alpha value is -3.80. The molecule has 0 spiro atoms. The summed E-state index contributed by atoms with van der Waals surface area (Å²) < 4.78 is 1.55. The predicted octanol–water partition coefficient (Wildman–Crippen LogP) is 3.55. The smallest absolute Gasteiger partial charge is 0.266 e. The van der Waals surface area contributed by atoms with Crippen molar-refractivity contribution < 1.29 is 4.79 Å². The van der Waals surface area contributed by atoms with Gasteiger partial charge in [-0.2, -0.15) is 0 Å². The molecule has 0 unspecified atom stereocenters.